The smallest absolute Gasteiger partial charge is 0.240 e. The maximum Gasteiger partial charge on any atom is 0.240 e. The zero-order chi connectivity index (χ0) is 20.1. The van der Waals surface area contributed by atoms with Crippen molar-refractivity contribution in [1.29, 1.82) is 0 Å². The average molecular weight is 403 g/mol. The Kier molecular flexibility index (Phi) is 4.59. The zero-order valence-corrected chi connectivity index (χ0v) is 15.9. The normalized spacial score (nSPS) is 28.1. The van der Waals surface area contributed by atoms with Gasteiger partial charge in [0.2, 0.25) is 27.7 Å². The summed E-state index contributed by atoms with van der Waals surface area (Å²) in [6.45, 7) is 0.0535. The molecule has 0 aromatic heterocycles. The fraction of sp³-hybridized carbons (Fsp3) is 0.421. The van der Waals surface area contributed by atoms with Gasteiger partial charge in [-0.2, -0.15) is 0 Å². The number of rotatable bonds is 6. The van der Waals surface area contributed by atoms with E-state index in [0.717, 1.165) is 16.9 Å². The number of carbonyl (C=O) groups excluding carboxylic acids is 3. The van der Waals surface area contributed by atoms with E-state index in [9.17, 15) is 22.8 Å². The second kappa shape index (κ2) is 6.82. The fourth-order valence-corrected chi connectivity index (χ4v) is 5.03. The minimum absolute atomic E-state index is 0.0281. The van der Waals surface area contributed by atoms with E-state index in [1.165, 1.54) is 12.1 Å². The predicted octanol–water partition coefficient (Wildman–Crippen LogP) is -0.200. The van der Waals surface area contributed by atoms with Crippen molar-refractivity contribution < 1.29 is 22.8 Å². The molecule has 9 heteroatoms. The van der Waals surface area contributed by atoms with Crippen LogP contribution in [-0.2, 0) is 30.8 Å². The molecule has 1 saturated carbocycles. The highest BCUT2D eigenvalue weighted by Gasteiger charge is 2.59. The van der Waals surface area contributed by atoms with Crippen LogP contribution in [-0.4, -0.2) is 44.1 Å². The van der Waals surface area contributed by atoms with Crippen molar-refractivity contribution in [2.75, 3.05) is 13.1 Å². The highest BCUT2D eigenvalue weighted by atomic mass is 32.2. The van der Waals surface area contributed by atoms with E-state index in [4.69, 9.17) is 5.14 Å². The Bertz CT molecular complexity index is 940. The van der Waals surface area contributed by atoms with Crippen LogP contribution < -0.4 is 10.5 Å². The first kappa shape index (κ1) is 18.8. The van der Waals surface area contributed by atoms with Crippen LogP contribution in [0.2, 0.25) is 0 Å². The van der Waals surface area contributed by atoms with Crippen LogP contribution in [0.25, 0.3) is 0 Å². The van der Waals surface area contributed by atoms with Crippen LogP contribution in [0, 0.1) is 23.7 Å². The van der Waals surface area contributed by atoms with Crippen molar-refractivity contribution in [3.63, 3.8) is 0 Å². The molecule has 28 heavy (non-hydrogen) atoms. The van der Waals surface area contributed by atoms with Gasteiger partial charge in [-0.25, -0.2) is 13.6 Å². The third-order valence-electron chi connectivity index (χ3n) is 5.85. The van der Waals surface area contributed by atoms with Gasteiger partial charge in [0.25, 0.3) is 0 Å². The molecule has 0 spiro atoms. The first-order valence-corrected chi connectivity index (χ1v) is 10.7. The third kappa shape index (κ3) is 3.24. The number of amides is 3. The van der Waals surface area contributed by atoms with Crippen LogP contribution in [0.15, 0.2) is 41.3 Å². The second-order valence-corrected chi connectivity index (χ2v) is 9.11. The molecule has 3 N–H and O–H groups in total. The summed E-state index contributed by atoms with van der Waals surface area (Å²) in [5.41, 5.74) is 0.832. The minimum atomic E-state index is -3.73. The number of hydrogen-bond acceptors (Lipinski definition) is 5. The summed E-state index contributed by atoms with van der Waals surface area (Å²) in [5.74, 6) is -1.20. The molecule has 1 aliphatic heterocycles. The Hall–Kier alpha value is -2.52. The zero-order valence-electron chi connectivity index (χ0n) is 15.1. The second-order valence-electron chi connectivity index (χ2n) is 7.55. The van der Waals surface area contributed by atoms with Gasteiger partial charge in [0, 0.05) is 6.54 Å². The molecule has 0 radical (unpaired) electrons. The summed E-state index contributed by atoms with van der Waals surface area (Å²) in [6, 6.07) is 6.08. The molecule has 1 aromatic carbocycles. The summed E-state index contributed by atoms with van der Waals surface area (Å²) in [7, 11) is -3.73. The maximum atomic E-state index is 12.6. The monoisotopic (exact) mass is 403 g/mol. The molecule has 3 aliphatic rings. The number of nitrogens with two attached hydrogens (primary N) is 1. The van der Waals surface area contributed by atoms with Crippen molar-refractivity contribution in [1.82, 2.24) is 10.2 Å². The van der Waals surface area contributed by atoms with Gasteiger partial charge in [0.1, 0.15) is 6.54 Å². The van der Waals surface area contributed by atoms with Crippen LogP contribution in [0.5, 0.6) is 0 Å². The van der Waals surface area contributed by atoms with Crippen molar-refractivity contribution >= 4 is 27.7 Å². The van der Waals surface area contributed by atoms with E-state index in [1.807, 2.05) is 12.2 Å². The first-order chi connectivity index (χ1) is 13.3. The van der Waals surface area contributed by atoms with Crippen LogP contribution >= 0.6 is 0 Å². The van der Waals surface area contributed by atoms with Gasteiger partial charge in [-0.15, -0.1) is 0 Å². The predicted molar refractivity (Wildman–Crippen MR) is 99.0 cm³/mol. The number of sulfonamides is 1. The summed E-state index contributed by atoms with van der Waals surface area (Å²) in [6.07, 6.45) is 5.37. The summed E-state index contributed by atoms with van der Waals surface area (Å²) in [4.78, 5) is 38.4. The van der Waals surface area contributed by atoms with Gasteiger partial charge in [-0.05, 0) is 42.4 Å². The van der Waals surface area contributed by atoms with Crippen LogP contribution in [0.1, 0.15) is 12.0 Å². The lowest BCUT2D eigenvalue weighted by molar-refractivity contribution is -0.144. The number of imide groups is 1. The SMILES string of the molecule is NS(=O)(=O)c1ccc(CCNC(=O)CN2C(=O)[C@@H]3[C@H](C2=O)[C@H]2C=C[C@H]3C2)cc1. The number of benzene rings is 1. The number of allylic oxidation sites excluding steroid dienone is 2. The Balaban J connectivity index is 1.29. The van der Waals surface area contributed by atoms with Gasteiger partial charge in [-0.1, -0.05) is 24.3 Å². The molecule has 4 rings (SSSR count). The number of nitrogens with one attached hydrogen (secondary N) is 1. The lowest BCUT2D eigenvalue weighted by Crippen LogP contribution is -2.42. The van der Waals surface area contributed by atoms with E-state index >= 15 is 0 Å². The van der Waals surface area contributed by atoms with E-state index in [-0.39, 0.29) is 52.8 Å². The standard InChI is InChI=1S/C19H21N3O5S/c20-28(26,27)14-5-1-11(2-6-14)7-8-21-15(23)10-22-18(24)16-12-3-4-13(9-12)17(16)19(22)25/h1-6,12-13,16-17H,7-10H2,(H,21,23)(H2,20,26,27)/t12-,13-,16-,17+/m0/s1. The quantitative estimate of drug-likeness (QED) is 0.502. The molecule has 1 aromatic rings. The summed E-state index contributed by atoms with van der Waals surface area (Å²) < 4.78 is 22.5. The molecule has 2 aliphatic carbocycles. The first-order valence-electron chi connectivity index (χ1n) is 9.17. The largest absolute Gasteiger partial charge is 0.354 e. The van der Waals surface area contributed by atoms with Crippen molar-refractivity contribution in [2.45, 2.75) is 17.7 Å². The number of hydrogen-bond donors (Lipinski definition) is 2. The molecule has 0 unspecified atom stereocenters. The highest BCUT2D eigenvalue weighted by molar-refractivity contribution is 7.89. The molecule has 148 valence electrons. The lowest BCUT2D eigenvalue weighted by atomic mass is 9.85. The van der Waals surface area contributed by atoms with E-state index in [2.05, 4.69) is 5.32 Å². The molecule has 4 atom stereocenters. The average Bonchev–Trinajstić information content (AvgIpc) is 3.31. The van der Waals surface area contributed by atoms with E-state index in [1.54, 1.807) is 12.1 Å². The number of carbonyl (C=O) groups is 3. The summed E-state index contributed by atoms with van der Waals surface area (Å²) >= 11 is 0. The lowest BCUT2D eigenvalue weighted by Gasteiger charge is -2.16. The Labute approximate surface area is 162 Å². The van der Waals surface area contributed by atoms with Crippen molar-refractivity contribution in [3.8, 4) is 0 Å². The molecular formula is C19H21N3O5S. The molecule has 8 nitrogen and oxygen atoms in total. The van der Waals surface area contributed by atoms with Crippen LogP contribution in [0.3, 0.4) is 0 Å². The minimum Gasteiger partial charge on any atom is -0.354 e. The number of primary sulfonamides is 1. The van der Waals surface area contributed by atoms with Crippen molar-refractivity contribution in [2.24, 2.45) is 28.8 Å². The van der Waals surface area contributed by atoms with Gasteiger partial charge >= 0.3 is 0 Å². The molecule has 1 heterocycles. The topological polar surface area (TPSA) is 127 Å². The van der Waals surface area contributed by atoms with Gasteiger partial charge < -0.3 is 5.32 Å². The maximum absolute atomic E-state index is 12.6. The van der Waals surface area contributed by atoms with E-state index in [0.29, 0.717) is 13.0 Å². The summed E-state index contributed by atoms with van der Waals surface area (Å²) in [5, 5.41) is 7.76. The molecular weight excluding hydrogens is 382 g/mol. The van der Waals surface area contributed by atoms with Gasteiger partial charge in [-0.3, -0.25) is 19.3 Å². The molecule has 2 fully saturated rings. The fourth-order valence-electron chi connectivity index (χ4n) is 4.51. The number of nitrogens with zero attached hydrogens (tertiary/aromatic N) is 1. The third-order valence-corrected chi connectivity index (χ3v) is 6.78. The highest BCUT2D eigenvalue weighted by Crippen LogP contribution is 2.52. The van der Waals surface area contributed by atoms with Gasteiger partial charge in [0.05, 0.1) is 16.7 Å². The molecule has 2 bridgehead atoms. The number of fused-ring (bicyclic) bond motifs is 5. The van der Waals surface area contributed by atoms with Gasteiger partial charge in [0.15, 0.2) is 0 Å². The van der Waals surface area contributed by atoms with Crippen molar-refractivity contribution in [3.05, 3.63) is 42.0 Å². The molecule has 1 saturated heterocycles. The van der Waals surface area contributed by atoms with Crippen LogP contribution in [0.4, 0.5) is 0 Å². The Morgan fingerprint density at radius 2 is 1.64 bits per heavy atom. The molecule has 3 amide bonds. The number of likely N-dealkylation sites (tertiary alicyclic amines) is 1. The Morgan fingerprint density at radius 3 is 2.18 bits per heavy atom. The Morgan fingerprint density at radius 1 is 1.07 bits per heavy atom. The van der Waals surface area contributed by atoms with E-state index < -0.39 is 10.0 Å².